The van der Waals surface area contributed by atoms with Gasteiger partial charge in [-0.3, -0.25) is 14.9 Å². The number of carbonyl (C=O) groups is 1. The molecule has 0 bridgehead atoms. The van der Waals surface area contributed by atoms with Gasteiger partial charge in [0.25, 0.3) is 11.6 Å². The summed E-state index contributed by atoms with van der Waals surface area (Å²) in [4.78, 5) is 24.3. The van der Waals surface area contributed by atoms with Crippen LogP contribution >= 0.6 is 0 Å². The maximum Gasteiger partial charge on any atom is 0.292 e. The number of rotatable bonds is 8. The van der Waals surface area contributed by atoms with Crippen LogP contribution in [0.2, 0.25) is 0 Å². The standard InChI is InChI=1S/C14H21N3O4/c1-4-7-15-12-10-11(5-6-13(12)17(19)20)14(18)16(2)8-9-21-3/h5-6,10,15H,4,7-9H2,1-3H3. The summed E-state index contributed by atoms with van der Waals surface area (Å²) in [7, 11) is 3.23. The van der Waals surface area contributed by atoms with Crippen LogP contribution < -0.4 is 5.32 Å². The van der Waals surface area contributed by atoms with Crippen LogP contribution in [0.3, 0.4) is 0 Å². The Bertz CT molecular complexity index is 505. The van der Waals surface area contributed by atoms with Crippen molar-refractivity contribution in [3.8, 4) is 0 Å². The zero-order valence-corrected chi connectivity index (χ0v) is 12.6. The van der Waals surface area contributed by atoms with Gasteiger partial charge in [-0.15, -0.1) is 0 Å². The number of methoxy groups -OCH3 is 1. The van der Waals surface area contributed by atoms with Crippen molar-refractivity contribution in [1.82, 2.24) is 4.90 Å². The summed E-state index contributed by atoms with van der Waals surface area (Å²) in [5.74, 6) is -0.193. The molecule has 0 aliphatic carbocycles. The van der Waals surface area contributed by atoms with Gasteiger partial charge in [0.05, 0.1) is 11.5 Å². The van der Waals surface area contributed by atoms with Crippen LogP contribution in [0.4, 0.5) is 11.4 Å². The topological polar surface area (TPSA) is 84.7 Å². The summed E-state index contributed by atoms with van der Waals surface area (Å²) < 4.78 is 4.93. The summed E-state index contributed by atoms with van der Waals surface area (Å²) in [6, 6.07) is 4.36. The lowest BCUT2D eigenvalue weighted by molar-refractivity contribution is -0.384. The third-order valence-electron chi connectivity index (χ3n) is 2.98. The number of nitro benzene ring substituents is 1. The van der Waals surface area contributed by atoms with E-state index in [9.17, 15) is 14.9 Å². The Labute approximate surface area is 124 Å². The minimum absolute atomic E-state index is 0.0282. The fraction of sp³-hybridized carbons (Fsp3) is 0.500. The number of nitrogens with one attached hydrogen (secondary N) is 1. The largest absolute Gasteiger partial charge is 0.383 e. The van der Waals surface area contributed by atoms with E-state index in [2.05, 4.69) is 5.32 Å². The normalized spacial score (nSPS) is 10.2. The second-order valence-corrected chi connectivity index (χ2v) is 4.64. The number of hydrogen-bond donors (Lipinski definition) is 1. The summed E-state index contributed by atoms with van der Waals surface area (Å²) in [6.07, 6.45) is 0.836. The lowest BCUT2D eigenvalue weighted by Crippen LogP contribution is -2.30. The molecule has 0 aliphatic heterocycles. The van der Waals surface area contributed by atoms with E-state index in [1.807, 2.05) is 6.92 Å². The van der Waals surface area contributed by atoms with Gasteiger partial charge < -0.3 is 15.0 Å². The van der Waals surface area contributed by atoms with Gasteiger partial charge >= 0.3 is 0 Å². The molecule has 0 saturated carbocycles. The van der Waals surface area contributed by atoms with Crippen molar-refractivity contribution >= 4 is 17.3 Å². The first-order valence-electron chi connectivity index (χ1n) is 6.78. The third-order valence-corrected chi connectivity index (χ3v) is 2.98. The quantitative estimate of drug-likeness (QED) is 0.586. The van der Waals surface area contributed by atoms with Crippen molar-refractivity contribution < 1.29 is 14.5 Å². The summed E-state index contributed by atoms with van der Waals surface area (Å²) in [5, 5.41) is 14.0. The Morgan fingerprint density at radius 3 is 2.76 bits per heavy atom. The number of nitro groups is 1. The number of amides is 1. The number of ether oxygens (including phenoxy) is 1. The second-order valence-electron chi connectivity index (χ2n) is 4.64. The molecule has 0 saturated heterocycles. The van der Waals surface area contributed by atoms with Crippen LogP contribution in [-0.4, -0.2) is 49.6 Å². The number of carbonyl (C=O) groups excluding carboxylic acids is 1. The molecule has 1 aromatic rings. The van der Waals surface area contributed by atoms with Gasteiger partial charge in [-0.25, -0.2) is 0 Å². The fourth-order valence-electron chi connectivity index (χ4n) is 1.78. The molecular weight excluding hydrogens is 274 g/mol. The van der Waals surface area contributed by atoms with Crippen LogP contribution in [0.1, 0.15) is 23.7 Å². The predicted molar refractivity (Wildman–Crippen MR) is 80.7 cm³/mol. The van der Waals surface area contributed by atoms with E-state index in [0.29, 0.717) is 30.9 Å². The van der Waals surface area contributed by atoms with Gasteiger partial charge in [0.2, 0.25) is 0 Å². The molecule has 0 aromatic heterocycles. The van der Waals surface area contributed by atoms with Crippen molar-refractivity contribution in [3.63, 3.8) is 0 Å². The van der Waals surface area contributed by atoms with Gasteiger partial charge in [-0.1, -0.05) is 6.92 Å². The minimum Gasteiger partial charge on any atom is -0.383 e. The lowest BCUT2D eigenvalue weighted by Gasteiger charge is -2.17. The second kappa shape index (κ2) is 8.21. The van der Waals surface area contributed by atoms with Crippen molar-refractivity contribution in [3.05, 3.63) is 33.9 Å². The van der Waals surface area contributed by atoms with Gasteiger partial charge in [-0.2, -0.15) is 0 Å². The van der Waals surface area contributed by atoms with Crippen LogP contribution in [-0.2, 0) is 4.74 Å². The average molecular weight is 295 g/mol. The monoisotopic (exact) mass is 295 g/mol. The number of nitrogens with zero attached hydrogens (tertiary/aromatic N) is 2. The van der Waals surface area contributed by atoms with E-state index in [-0.39, 0.29) is 11.6 Å². The smallest absolute Gasteiger partial charge is 0.292 e. The predicted octanol–water partition coefficient (Wildman–Crippen LogP) is 2.14. The van der Waals surface area contributed by atoms with Crippen molar-refractivity contribution in [1.29, 1.82) is 0 Å². The minimum atomic E-state index is -0.457. The number of likely N-dealkylation sites (N-methyl/N-ethyl adjacent to an activating group) is 1. The molecule has 0 spiro atoms. The highest BCUT2D eigenvalue weighted by molar-refractivity contribution is 5.95. The Hall–Kier alpha value is -2.15. The molecule has 1 N–H and O–H groups in total. The SMILES string of the molecule is CCCNc1cc(C(=O)N(C)CCOC)ccc1[N+](=O)[O-]. The molecule has 7 nitrogen and oxygen atoms in total. The van der Waals surface area contributed by atoms with E-state index < -0.39 is 4.92 Å². The molecule has 1 aromatic carbocycles. The molecule has 0 radical (unpaired) electrons. The van der Waals surface area contributed by atoms with E-state index in [4.69, 9.17) is 4.74 Å². The molecular formula is C14H21N3O4. The Morgan fingerprint density at radius 2 is 2.19 bits per heavy atom. The fourth-order valence-corrected chi connectivity index (χ4v) is 1.78. The van der Waals surface area contributed by atoms with E-state index in [1.54, 1.807) is 14.2 Å². The highest BCUT2D eigenvalue weighted by Crippen LogP contribution is 2.26. The number of benzene rings is 1. The van der Waals surface area contributed by atoms with Gasteiger partial charge in [0, 0.05) is 38.9 Å². The molecule has 7 heteroatoms. The van der Waals surface area contributed by atoms with Crippen molar-refractivity contribution in [2.24, 2.45) is 0 Å². The zero-order chi connectivity index (χ0) is 15.8. The van der Waals surface area contributed by atoms with Gasteiger partial charge in [0.1, 0.15) is 5.69 Å². The van der Waals surface area contributed by atoms with Crippen LogP contribution in [0.5, 0.6) is 0 Å². The molecule has 21 heavy (non-hydrogen) atoms. The van der Waals surface area contributed by atoms with Crippen LogP contribution in [0, 0.1) is 10.1 Å². The van der Waals surface area contributed by atoms with Gasteiger partial charge in [-0.05, 0) is 18.6 Å². The Morgan fingerprint density at radius 1 is 1.48 bits per heavy atom. The molecule has 0 fully saturated rings. The lowest BCUT2D eigenvalue weighted by atomic mass is 10.1. The summed E-state index contributed by atoms with van der Waals surface area (Å²) in [6.45, 7) is 3.48. The first kappa shape index (κ1) is 16.9. The maximum atomic E-state index is 12.2. The molecule has 0 aliphatic rings. The van der Waals surface area contributed by atoms with E-state index >= 15 is 0 Å². The maximum absolute atomic E-state index is 12.2. The Balaban J connectivity index is 2.98. The van der Waals surface area contributed by atoms with Crippen LogP contribution in [0.25, 0.3) is 0 Å². The summed E-state index contributed by atoms with van der Waals surface area (Å²) in [5.41, 5.74) is 0.755. The first-order valence-corrected chi connectivity index (χ1v) is 6.78. The molecule has 116 valence electrons. The summed E-state index contributed by atoms with van der Waals surface area (Å²) >= 11 is 0. The number of anilines is 1. The van der Waals surface area contributed by atoms with Crippen LogP contribution in [0.15, 0.2) is 18.2 Å². The van der Waals surface area contributed by atoms with Gasteiger partial charge in [0.15, 0.2) is 0 Å². The zero-order valence-electron chi connectivity index (χ0n) is 12.6. The molecule has 1 amide bonds. The third kappa shape index (κ3) is 4.71. The molecule has 0 unspecified atom stereocenters. The molecule has 0 heterocycles. The average Bonchev–Trinajstić information content (AvgIpc) is 2.49. The van der Waals surface area contributed by atoms with Crippen molar-refractivity contribution in [2.45, 2.75) is 13.3 Å². The van der Waals surface area contributed by atoms with E-state index in [1.165, 1.54) is 23.1 Å². The molecule has 1 rings (SSSR count). The molecule has 0 atom stereocenters. The highest BCUT2D eigenvalue weighted by atomic mass is 16.6. The first-order chi connectivity index (χ1) is 10.0. The number of hydrogen-bond acceptors (Lipinski definition) is 5. The Kier molecular flexibility index (Phi) is 6.61. The highest BCUT2D eigenvalue weighted by Gasteiger charge is 2.18. The van der Waals surface area contributed by atoms with E-state index in [0.717, 1.165) is 6.42 Å². The van der Waals surface area contributed by atoms with Crippen molar-refractivity contribution in [2.75, 3.05) is 39.2 Å².